The molecule has 5 atom stereocenters. The average molecular weight is 218 g/mol. The van der Waals surface area contributed by atoms with Crippen molar-refractivity contribution in [2.24, 2.45) is 35.0 Å². The lowest BCUT2D eigenvalue weighted by Crippen LogP contribution is -2.27. The molecular weight excluding hydrogens is 196 g/mol. The summed E-state index contributed by atoms with van der Waals surface area (Å²) in [4.78, 5) is 12.5. The zero-order valence-electron chi connectivity index (χ0n) is 10.8. The quantitative estimate of drug-likeness (QED) is 0.616. The number of carbonyl (C=O) groups excluding carboxylic acids is 1. The Labute approximate surface area is 98.3 Å². The van der Waals surface area contributed by atoms with Gasteiger partial charge in [0, 0.05) is 11.3 Å². The van der Waals surface area contributed by atoms with Crippen LogP contribution in [-0.4, -0.2) is 5.78 Å². The van der Waals surface area contributed by atoms with E-state index in [9.17, 15) is 4.79 Å². The second-order valence-electron chi connectivity index (χ2n) is 6.78. The van der Waals surface area contributed by atoms with Gasteiger partial charge in [-0.3, -0.25) is 4.79 Å². The van der Waals surface area contributed by atoms with Gasteiger partial charge in [0.1, 0.15) is 5.78 Å². The summed E-state index contributed by atoms with van der Waals surface area (Å²) in [7, 11) is 0. The van der Waals surface area contributed by atoms with Crippen LogP contribution >= 0.6 is 0 Å². The van der Waals surface area contributed by atoms with Crippen molar-refractivity contribution in [3.63, 3.8) is 0 Å². The van der Waals surface area contributed by atoms with E-state index in [0.717, 1.165) is 18.8 Å². The van der Waals surface area contributed by atoms with Gasteiger partial charge in [-0.15, -0.1) is 0 Å². The van der Waals surface area contributed by atoms with Gasteiger partial charge < -0.3 is 0 Å². The second-order valence-corrected chi connectivity index (χ2v) is 6.78. The van der Waals surface area contributed by atoms with Crippen molar-refractivity contribution in [1.29, 1.82) is 0 Å². The fourth-order valence-electron chi connectivity index (χ4n) is 4.69. The molecule has 0 aromatic carbocycles. The molecule has 3 rings (SSSR count). The van der Waals surface area contributed by atoms with Gasteiger partial charge in [0.25, 0.3) is 0 Å². The molecule has 0 unspecified atom stereocenters. The van der Waals surface area contributed by atoms with Crippen LogP contribution < -0.4 is 0 Å². The maximum Gasteiger partial charge on any atom is 0.146 e. The van der Waals surface area contributed by atoms with Gasteiger partial charge in [-0.25, -0.2) is 0 Å². The number of rotatable bonds is 1. The van der Waals surface area contributed by atoms with Gasteiger partial charge in [-0.1, -0.05) is 32.4 Å². The topological polar surface area (TPSA) is 17.1 Å². The molecule has 2 bridgehead atoms. The summed E-state index contributed by atoms with van der Waals surface area (Å²) < 4.78 is 0. The zero-order valence-corrected chi connectivity index (χ0v) is 10.8. The van der Waals surface area contributed by atoms with Gasteiger partial charge in [0.05, 0.1) is 0 Å². The lowest BCUT2D eigenvalue weighted by Gasteiger charge is -2.29. The summed E-state index contributed by atoms with van der Waals surface area (Å²) in [6.07, 6.45) is 4.73. The number of hydrogen-bond donors (Lipinski definition) is 0. The summed E-state index contributed by atoms with van der Waals surface area (Å²) in [6.45, 7) is 9.03. The van der Waals surface area contributed by atoms with E-state index >= 15 is 0 Å². The number of hydrogen-bond acceptors (Lipinski definition) is 1. The molecule has 0 aromatic rings. The molecule has 3 aliphatic rings. The minimum Gasteiger partial charge on any atom is -0.298 e. The van der Waals surface area contributed by atoms with Crippen LogP contribution in [0.1, 0.15) is 40.5 Å². The average Bonchev–Trinajstić information content (AvgIpc) is 2.61. The van der Waals surface area contributed by atoms with Crippen LogP contribution in [0, 0.1) is 35.0 Å². The Morgan fingerprint density at radius 2 is 2.12 bits per heavy atom. The normalized spacial score (nSPS) is 50.1. The highest BCUT2D eigenvalue weighted by Gasteiger charge is 2.62. The largest absolute Gasteiger partial charge is 0.298 e. The van der Waals surface area contributed by atoms with Crippen molar-refractivity contribution >= 4 is 5.78 Å². The van der Waals surface area contributed by atoms with E-state index < -0.39 is 0 Å². The molecule has 0 amide bonds. The third-order valence-electron chi connectivity index (χ3n) is 5.67. The first kappa shape index (κ1) is 10.6. The first-order valence-corrected chi connectivity index (χ1v) is 6.68. The van der Waals surface area contributed by atoms with Crippen LogP contribution in [0.15, 0.2) is 11.6 Å². The molecule has 0 heterocycles. The predicted octanol–water partition coefficient (Wildman–Crippen LogP) is 3.45. The van der Waals surface area contributed by atoms with Crippen molar-refractivity contribution < 1.29 is 4.79 Å². The number of carbonyl (C=O) groups is 1. The lowest BCUT2D eigenvalue weighted by atomic mass is 9.75. The van der Waals surface area contributed by atoms with Gasteiger partial charge in [0.15, 0.2) is 0 Å². The summed E-state index contributed by atoms with van der Waals surface area (Å²) in [5.74, 6) is 3.61. The molecule has 16 heavy (non-hydrogen) atoms. The van der Waals surface area contributed by atoms with E-state index in [1.165, 1.54) is 5.57 Å². The Hall–Kier alpha value is -0.590. The third-order valence-corrected chi connectivity index (χ3v) is 5.67. The highest BCUT2D eigenvalue weighted by atomic mass is 16.1. The lowest BCUT2D eigenvalue weighted by molar-refractivity contribution is -0.128. The van der Waals surface area contributed by atoms with Crippen molar-refractivity contribution in [3.8, 4) is 0 Å². The fraction of sp³-hybridized carbons (Fsp3) is 0.800. The fourth-order valence-corrected chi connectivity index (χ4v) is 4.69. The van der Waals surface area contributed by atoms with Gasteiger partial charge in [-0.05, 0) is 43.4 Å². The standard InChI is InChI=1S/C15H22O/c1-8(2)12-7-15(4)13-6-10(14(15)16)9(3)5-11(12)13/h5,8,10-13H,6-7H2,1-4H3/t10-,11+,12-,13+,15-/m1/s1. The molecule has 1 nitrogen and oxygen atoms in total. The van der Waals surface area contributed by atoms with Crippen molar-refractivity contribution in [2.45, 2.75) is 40.5 Å². The Morgan fingerprint density at radius 3 is 2.75 bits per heavy atom. The molecule has 1 heteroatoms. The Kier molecular flexibility index (Phi) is 1.98. The first-order valence-electron chi connectivity index (χ1n) is 6.68. The first-order chi connectivity index (χ1) is 7.45. The van der Waals surface area contributed by atoms with E-state index in [1.807, 2.05) is 0 Å². The summed E-state index contributed by atoms with van der Waals surface area (Å²) in [5, 5.41) is 0. The maximum absolute atomic E-state index is 12.5. The van der Waals surface area contributed by atoms with E-state index in [4.69, 9.17) is 0 Å². The molecule has 0 radical (unpaired) electrons. The summed E-state index contributed by atoms with van der Waals surface area (Å²) in [5.41, 5.74) is 1.37. The Bertz CT molecular complexity index is 379. The second kappa shape index (κ2) is 3.00. The van der Waals surface area contributed by atoms with Crippen molar-refractivity contribution in [1.82, 2.24) is 0 Å². The van der Waals surface area contributed by atoms with Crippen LogP contribution in [0.3, 0.4) is 0 Å². The van der Waals surface area contributed by atoms with Gasteiger partial charge in [-0.2, -0.15) is 0 Å². The van der Waals surface area contributed by atoms with Gasteiger partial charge in [0.2, 0.25) is 0 Å². The highest BCUT2D eigenvalue weighted by molar-refractivity contribution is 5.92. The molecule has 88 valence electrons. The maximum atomic E-state index is 12.5. The molecule has 0 saturated heterocycles. The SMILES string of the molecule is CC1=C[C@H]2[C@@H](C(C)C)C[C@@]3(C)C(=O)[C@@H]1C[C@@H]23. The van der Waals surface area contributed by atoms with Crippen molar-refractivity contribution in [2.75, 3.05) is 0 Å². The van der Waals surface area contributed by atoms with E-state index in [2.05, 4.69) is 33.8 Å². The molecule has 2 saturated carbocycles. The highest BCUT2D eigenvalue weighted by Crippen LogP contribution is 2.64. The number of ketones is 1. The molecule has 0 N–H and O–H groups in total. The Balaban J connectivity index is 2.09. The number of Topliss-reactive ketones (excluding diaryl/α,β-unsaturated/α-hetero) is 1. The molecule has 0 aliphatic heterocycles. The van der Waals surface area contributed by atoms with Crippen LogP contribution in [0.4, 0.5) is 0 Å². The zero-order chi connectivity index (χ0) is 11.7. The van der Waals surface area contributed by atoms with E-state index in [1.54, 1.807) is 0 Å². The predicted molar refractivity (Wildman–Crippen MR) is 64.9 cm³/mol. The van der Waals surface area contributed by atoms with E-state index in [-0.39, 0.29) is 11.3 Å². The minimum absolute atomic E-state index is 0.0124. The van der Waals surface area contributed by atoms with Crippen LogP contribution in [0.2, 0.25) is 0 Å². The smallest absolute Gasteiger partial charge is 0.146 e. The van der Waals surface area contributed by atoms with Crippen LogP contribution in [0.25, 0.3) is 0 Å². The van der Waals surface area contributed by atoms with Crippen LogP contribution in [-0.2, 0) is 4.79 Å². The number of allylic oxidation sites excluding steroid dienone is 2. The number of fused-ring (bicyclic) bond motifs is 1. The minimum atomic E-state index is 0.0124. The molecule has 3 aliphatic carbocycles. The van der Waals surface area contributed by atoms with Gasteiger partial charge >= 0.3 is 0 Å². The van der Waals surface area contributed by atoms with E-state index in [0.29, 0.717) is 23.5 Å². The Morgan fingerprint density at radius 1 is 1.44 bits per heavy atom. The molecule has 2 fully saturated rings. The monoisotopic (exact) mass is 218 g/mol. The van der Waals surface area contributed by atoms with Crippen molar-refractivity contribution in [3.05, 3.63) is 11.6 Å². The molecular formula is C15H22O. The third kappa shape index (κ3) is 1.05. The molecule has 0 aromatic heterocycles. The van der Waals surface area contributed by atoms with Crippen LogP contribution in [0.5, 0.6) is 0 Å². The summed E-state index contributed by atoms with van der Waals surface area (Å²) in [6, 6.07) is 0. The molecule has 0 spiro atoms. The summed E-state index contributed by atoms with van der Waals surface area (Å²) >= 11 is 0.